The second kappa shape index (κ2) is 13.0. The molecule has 0 atom stereocenters. The van der Waals surface area contributed by atoms with E-state index in [4.69, 9.17) is 26.4 Å². The van der Waals surface area contributed by atoms with Crippen LogP contribution in [0.25, 0.3) is 5.57 Å². The smallest absolute Gasteiger partial charge is 0.189 e. The Balaban J connectivity index is 1.77. The predicted octanol–water partition coefficient (Wildman–Crippen LogP) is 6.44. The molecule has 0 radical (unpaired) electrons. The van der Waals surface area contributed by atoms with Gasteiger partial charge >= 0.3 is 0 Å². The maximum atomic E-state index is 11.5. The van der Waals surface area contributed by atoms with Crippen LogP contribution >= 0.6 is 12.2 Å². The van der Waals surface area contributed by atoms with Crippen LogP contribution in [0, 0.1) is 0 Å². The molecule has 0 saturated heterocycles. The first-order valence-electron chi connectivity index (χ1n) is 12.3. The van der Waals surface area contributed by atoms with E-state index in [-0.39, 0.29) is 18.0 Å². The summed E-state index contributed by atoms with van der Waals surface area (Å²) < 4.78 is 16.7. The van der Waals surface area contributed by atoms with Crippen LogP contribution in [-0.4, -0.2) is 37.9 Å². The van der Waals surface area contributed by atoms with E-state index in [1.54, 1.807) is 26.2 Å². The van der Waals surface area contributed by atoms with Gasteiger partial charge in [-0.25, -0.2) is 0 Å². The number of ketones is 1. The molecule has 1 N–H and O–H groups in total. The maximum Gasteiger partial charge on any atom is 0.189 e. The molecule has 3 rings (SSSR count). The van der Waals surface area contributed by atoms with Gasteiger partial charge in [-0.05, 0) is 55.4 Å². The second-order valence-electron chi connectivity index (χ2n) is 9.43. The van der Waals surface area contributed by atoms with E-state index in [0.29, 0.717) is 23.8 Å². The van der Waals surface area contributed by atoms with Gasteiger partial charge in [0.15, 0.2) is 12.6 Å². The lowest BCUT2D eigenvalue weighted by Crippen LogP contribution is -2.26. The van der Waals surface area contributed by atoms with E-state index in [1.165, 1.54) is 24.8 Å². The summed E-state index contributed by atoms with van der Waals surface area (Å²) in [5.74, 6) is 0.931. The highest BCUT2D eigenvalue weighted by Gasteiger charge is 2.32. The van der Waals surface area contributed by atoms with Crippen LogP contribution in [0.1, 0.15) is 79.9 Å². The normalized spacial score (nSPS) is 15.5. The first-order chi connectivity index (χ1) is 16.8. The van der Waals surface area contributed by atoms with E-state index >= 15 is 0 Å². The number of hydrogen-bond acceptors (Lipinski definition) is 5. The third-order valence-electron chi connectivity index (χ3n) is 6.75. The third-order valence-corrected chi connectivity index (χ3v) is 7.10. The van der Waals surface area contributed by atoms with E-state index in [2.05, 4.69) is 37.4 Å². The van der Waals surface area contributed by atoms with Gasteiger partial charge < -0.3 is 19.5 Å². The molecule has 35 heavy (non-hydrogen) atoms. The van der Waals surface area contributed by atoms with Gasteiger partial charge in [-0.2, -0.15) is 0 Å². The number of Topliss-reactive ketones (excluding diaryl/α,β-unsaturated/α-hetero) is 1. The number of hydrogen-bond donors (Lipinski definition) is 1. The number of nitrogens with one attached hydrogen (secondary N) is 1. The number of allylic oxidation sites excluding steroid dienone is 1. The first kappa shape index (κ1) is 27.1. The van der Waals surface area contributed by atoms with Gasteiger partial charge in [0.1, 0.15) is 10.7 Å². The summed E-state index contributed by atoms with van der Waals surface area (Å²) in [4.78, 5) is 12.1. The molecule has 0 aliphatic heterocycles. The van der Waals surface area contributed by atoms with Crippen LogP contribution in [0.15, 0.2) is 48.7 Å². The van der Waals surface area contributed by atoms with Crippen LogP contribution in [0.2, 0.25) is 0 Å². The van der Waals surface area contributed by atoms with Crippen LogP contribution < -0.4 is 10.1 Å². The average molecular weight is 496 g/mol. The Morgan fingerprint density at radius 2 is 1.66 bits per heavy atom. The Morgan fingerprint density at radius 3 is 2.31 bits per heavy atom. The highest BCUT2D eigenvalue weighted by Crippen LogP contribution is 2.43. The van der Waals surface area contributed by atoms with Crippen molar-refractivity contribution in [3.63, 3.8) is 0 Å². The zero-order valence-corrected chi connectivity index (χ0v) is 22.1. The molecule has 2 aromatic carbocycles. The minimum Gasteiger partial charge on any atom is -0.467 e. The van der Waals surface area contributed by atoms with Crippen molar-refractivity contribution >= 4 is 28.6 Å². The SMILES string of the molecule is COCCOCOc1ccc(/C(C)=C/NC(=S)c2ccc(C(C)=O)cc2)cc1C1(C)CCCCC1. The van der Waals surface area contributed by atoms with E-state index in [1.807, 2.05) is 18.3 Å². The molecule has 0 aromatic heterocycles. The molecule has 0 heterocycles. The van der Waals surface area contributed by atoms with Crippen molar-refractivity contribution in [2.45, 2.75) is 58.3 Å². The average Bonchev–Trinajstić information content (AvgIpc) is 2.87. The van der Waals surface area contributed by atoms with Crippen LogP contribution in [0.3, 0.4) is 0 Å². The van der Waals surface area contributed by atoms with Crippen LogP contribution in [-0.2, 0) is 14.9 Å². The second-order valence-corrected chi connectivity index (χ2v) is 9.84. The van der Waals surface area contributed by atoms with E-state index in [9.17, 15) is 4.79 Å². The summed E-state index contributed by atoms with van der Waals surface area (Å²) in [5.41, 5.74) is 5.08. The van der Waals surface area contributed by atoms with Gasteiger partial charge in [-0.3, -0.25) is 4.79 Å². The Kier molecular flexibility index (Phi) is 10.0. The standard InChI is InChI=1S/C29H37NO4S/c1-21(19-30-28(35)24-10-8-23(9-11-24)22(2)31)25-12-13-27(34-20-33-17-16-32-4)26(18-25)29(3)14-6-5-7-15-29/h8-13,18-19H,5-7,14-17,20H2,1-4H3,(H,30,35)/b21-19+. The van der Waals surface area contributed by atoms with Crippen molar-refractivity contribution in [2.75, 3.05) is 27.1 Å². The van der Waals surface area contributed by atoms with Crippen molar-refractivity contribution < 1.29 is 19.0 Å². The van der Waals surface area contributed by atoms with Gasteiger partial charge in [0.25, 0.3) is 0 Å². The Labute approximate surface area is 214 Å². The lowest BCUT2D eigenvalue weighted by Gasteiger charge is -2.35. The van der Waals surface area contributed by atoms with Crippen molar-refractivity contribution in [2.24, 2.45) is 0 Å². The number of thiocarbonyl (C=S) groups is 1. The molecule has 5 nitrogen and oxygen atoms in total. The number of carbonyl (C=O) groups is 1. The molecule has 6 heteroatoms. The summed E-state index contributed by atoms with van der Waals surface area (Å²) in [5, 5.41) is 3.24. The summed E-state index contributed by atoms with van der Waals surface area (Å²) >= 11 is 5.56. The quantitative estimate of drug-likeness (QED) is 0.168. The molecule has 0 amide bonds. The Morgan fingerprint density at radius 1 is 1.00 bits per heavy atom. The highest BCUT2D eigenvalue weighted by atomic mass is 32.1. The summed E-state index contributed by atoms with van der Waals surface area (Å²) in [6.45, 7) is 7.24. The number of benzene rings is 2. The molecule has 0 spiro atoms. The molecular formula is C29H37NO4S. The molecule has 1 aliphatic rings. The van der Waals surface area contributed by atoms with Gasteiger partial charge in [0.05, 0.1) is 13.2 Å². The molecular weight excluding hydrogens is 458 g/mol. The monoisotopic (exact) mass is 495 g/mol. The van der Waals surface area contributed by atoms with Gasteiger partial charge in [0, 0.05) is 30.0 Å². The van der Waals surface area contributed by atoms with E-state index in [0.717, 1.165) is 35.3 Å². The predicted molar refractivity (Wildman–Crippen MR) is 145 cm³/mol. The first-order valence-corrected chi connectivity index (χ1v) is 12.7. The molecule has 1 saturated carbocycles. The van der Waals surface area contributed by atoms with Crippen molar-refractivity contribution in [3.05, 3.63) is 70.9 Å². The maximum absolute atomic E-state index is 11.5. The number of carbonyl (C=O) groups excluding carboxylic acids is 1. The fourth-order valence-electron chi connectivity index (χ4n) is 4.48. The third kappa shape index (κ3) is 7.47. The zero-order valence-electron chi connectivity index (χ0n) is 21.3. The summed E-state index contributed by atoms with van der Waals surface area (Å²) in [6, 6.07) is 13.7. The summed E-state index contributed by atoms with van der Waals surface area (Å²) in [7, 11) is 1.66. The molecule has 0 bridgehead atoms. The highest BCUT2D eigenvalue weighted by molar-refractivity contribution is 7.80. The van der Waals surface area contributed by atoms with E-state index < -0.39 is 0 Å². The fraction of sp³-hybridized carbons (Fsp3) is 0.448. The Hall–Kier alpha value is -2.54. The van der Waals surface area contributed by atoms with Gasteiger partial charge in [-0.15, -0.1) is 0 Å². The Bertz CT molecular complexity index is 1040. The molecule has 1 aliphatic carbocycles. The zero-order chi connectivity index (χ0) is 25.3. The fourth-order valence-corrected chi connectivity index (χ4v) is 4.67. The van der Waals surface area contributed by atoms with Crippen molar-refractivity contribution in [3.8, 4) is 5.75 Å². The largest absolute Gasteiger partial charge is 0.467 e. The minimum atomic E-state index is 0.0441. The lowest BCUT2D eigenvalue weighted by molar-refractivity contribution is -0.00943. The van der Waals surface area contributed by atoms with Gasteiger partial charge in [0.2, 0.25) is 0 Å². The molecule has 1 fully saturated rings. The van der Waals surface area contributed by atoms with Gasteiger partial charge in [-0.1, -0.05) is 68.7 Å². The topological polar surface area (TPSA) is 56.8 Å². The van der Waals surface area contributed by atoms with Crippen molar-refractivity contribution in [1.29, 1.82) is 0 Å². The van der Waals surface area contributed by atoms with Crippen molar-refractivity contribution in [1.82, 2.24) is 5.32 Å². The molecule has 188 valence electrons. The number of methoxy groups -OCH3 is 1. The number of ether oxygens (including phenoxy) is 3. The lowest BCUT2D eigenvalue weighted by atomic mass is 9.70. The molecule has 2 aromatic rings. The molecule has 0 unspecified atom stereocenters. The summed E-state index contributed by atoms with van der Waals surface area (Å²) in [6.07, 6.45) is 8.00. The van der Waals surface area contributed by atoms with Crippen LogP contribution in [0.5, 0.6) is 5.75 Å². The number of rotatable bonds is 11. The minimum absolute atomic E-state index is 0.0441. The van der Waals surface area contributed by atoms with Crippen LogP contribution in [0.4, 0.5) is 0 Å².